The maximum atomic E-state index is 13.2. The fourth-order valence-corrected chi connectivity index (χ4v) is 1.05. The minimum atomic E-state index is -1.39. The third kappa shape index (κ3) is 2.79. The van der Waals surface area contributed by atoms with Crippen LogP contribution in [0.3, 0.4) is 0 Å². The Morgan fingerprint density at radius 2 is 2.00 bits per heavy atom. The molecule has 1 N–H and O–H groups in total. The van der Waals surface area contributed by atoms with E-state index in [4.69, 9.17) is 9.84 Å². The molecule has 0 saturated carbocycles. The molecule has 0 fully saturated rings. The Labute approximate surface area is 91.0 Å². The van der Waals surface area contributed by atoms with Crippen molar-refractivity contribution in [2.24, 2.45) is 0 Å². The summed E-state index contributed by atoms with van der Waals surface area (Å²) in [6, 6.07) is 1.44. The van der Waals surface area contributed by atoms with E-state index in [-0.39, 0.29) is 6.61 Å². The zero-order valence-corrected chi connectivity index (χ0v) is 8.54. The Balaban J connectivity index is 2.98. The standard InChI is InChI=1S/C11H10F2O3/c1-2-3-4-16-10-8(12)5-7(11(14)15)6-9(10)13/h2-3,5-6H,4H2,1H3,(H,14,15)/b3-2+. The molecule has 0 atom stereocenters. The highest BCUT2D eigenvalue weighted by atomic mass is 19.1. The van der Waals surface area contributed by atoms with Crippen molar-refractivity contribution in [3.63, 3.8) is 0 Å². The van der Waals surface area contributed by atoms with Gasteiger partial charge in [0, 0.05) is 0 Å². The normalized spacial score (nSPS) is 10.7. The molecule has 0 bridgehead atoms. The Bertz CT molecular complexity index is 404. The van der Waals surface area contributed by atoms with Gasteiger partial charge in [0.1, 0.15) is 6.61 Å². The average molecular weight is 228 g/mol. The van der Waals surface area contributed by atoms with E-state index < -0.39 is 28.9 Å². The quantitative estimate of drug-likeness (QED) is 0.806. The molecule has 0 aromatic heterocycles. The molecule has 1 aromatic rings. The number of rotatable bonds is 4. The van der Waals surface area contributed by atoms with E-state index in [1.54, 1.807) is 19.1 Å². The van der Waals surface area contributed by atoms with Gasteiger partial charge in [-0.3, -0.25) is 0 Å². The van der Waals surface area contributed by atoms with Gasteiger partial charge in [-0.1, -0.05) is 12.2 Å². The number of hydrogen-bond acceptors (Lipinski definition) is 2. The van der Waals surface area contributed by atoms with E-state index >= 15 is 0 Å². The van der Waals surface area contributed by atoms with Crippen molar-refractivity contribution in [3.05, 3.63) is 41.5 Å². The second-order valence-corrected chi connectivity index (χ2v) is 2.95. The van der Waals surface area contributed by atoms with Gasteiger partial charge in [0.15, 0.2) is 17.4 Å². The van der Waals surface area contributed by atoms with Crippen LogP contribution in [0.25, 0.3) is 0 Å². The molecule has 0 radical (unpaired) electrons. The second-order valence-electron chi connectivity index (χ2n) is 2.95. The number of hydrogen-bond donors (Lipinski definition) is 1. The lowest BCUT2D eigenvalue weighted by molar-refractivity contribution is 0.0695. The van der Waals surface area contributed by atoms with Gasteiger partial charge in [0.25, 0.3) is 0 Å². The zero-order valence-electron chi connectivity index (χ0n) is 8.54. The zero-order chi connectivity index (χ0) is 12.1. The van der Waals surface area contributed by atoms with E-state index in [9.17, 15) is 13.6 Å². The van der Waals surface area contributed by atoms with Crippen LogP contribution in [0, 0.1) is 11.6 Å². The van der Waals surface area contributed by atoms with E-state index in [2.05, 4.69) is 0 Å². The maximum absolute atomic E-state index is 13.2. The lowest BCUT2D eigenvalue weighted by Crippen LogP contribution is -2.03. The summed E-state index contributed by atoms with van der Waals surface area (Å²) in [5.74, 6) is -4.01. The van der Waals surface area contributed by atoms with Crippen LogP contribution in [-0.2, 0) is 0 Å². The topological polar surface area (TPSA) is 46.5 Å². The second kappa shape index (κ2) is 5.25. The van der Waals surface area contributed by atoms with Crippen LogP contribution in [0.15, 0.2) is 24.3 Å². The number of carbonyl (C=O) groups is 1. The molecule has 0 aliphatic rings. The number of halogens is 2. The molecule has 0 spiro atoms. The molecular weight excluding hydrogens is 218 g/mol. The molecule has 0 amide bonds. The number of carboxylic acids is 1. The minimum absolute atomic E-state index is 0.0246. The third-order valence-corrected chi connectivity index (χ3v) is 1.80. The van der Waals surface area contributed by atoms with Crippen molar-refractivity contribution in [3.8, 4) is 5.75 Å². The first-order valence-electron chi connectivity index (χ1n) is 4.52. The van der Waals surface area contributed by atoms with Crippen molar-refractivity contribution >= 4 is 5.97 Å². The fraction of sp³-hybridized carbons (Fsp3) is 0.182. The van der Waals surface area contributed by atoms with E-state index in [1.807, 2.05) is 0 Å². The summed E-state index contributed by atoms with van der Waals surface area (Å²) < 4.78 is 31.3. The number of allylic oxidation sites excluding steroid dienone is 1. The molecule has 1 aromatic carbocycles. The molecule has 0 aliphatic carbocycles. The molecule has 16 heavy (non-hydrogen) atoms. The summed E-state index contributed by atoms with van der Waals surface area (Å²) in [4.78, 5) is 10.5. The predicted octanol–water partition coefficient (Wildman–Crippen LogP) is 2.62. The molecule has 1 rings (SSSR count). The smallest absolute Gasteiger partial charge is 0.335 e. The van der Waals surface area contributed by atoms with Crippen LogP contribution in [0.5, 0.6) is 5.75 Å². The van der Waals surface area contributed by atoms with Crippen molar-refractivity contribution < 1.29 is 23.4 Å². The van der Waals surface area contributed by atoms with Crippen LogP contribution in [0.2, 0.25) is 0 Å². The summed E-state index contributed by atoms with van der Waals surface area (Å²) in [5, 5.41) is 8.55. The predicted molar refractivity (Wildman–Crippen MR) is 53.6 cm³/mol. The SMILES string of the molecule is C/C=C/COc1c(F)cc(C(=O)O)cc1F. The van der Waals surface area contributed by atoms with Gasteiger partial charge in [0.2, 0.25) is 0 Å². The van der Waals surface area contributed by atoms with Crippen LogP contribution < -0.4 is 4.74 Å². The highest BCUT2D eigenvalue weighted by Gasteiger charge is 2.15. The Hall–Kier alpha value is -1.91. The molecular formula is C11H10F2O3. The number of ether oxygens (including phenoxy) is 1. The summed E-state index contributed by atoms with van der Waals surface area (Å²) in [6.45, 7) is 1.76. The third-order valence-electron chi connectivity index (χ3n) is 1.80. The lowest BCUT2D eigenvalue weighted by atomic mass is 10.2. The number of benzene rings is 1. The van der Waals surface area contributed by atoms with Crippen molar-refractivity contribution in [1.82, 2.24) is 0 Å². The Morgan fingerprint density at radius 1 is 1.44 bits per heavy atom. The van der Waals surface area contributed by atoms with Gasteiger partial charge in [0.05, 0.1) is 5.56 Å². The molecule has 0 aliphatic heterocycles. The maximum Gasteiger partial charge on any atom is 0.335 e. The van der Waals surface area contributed by atoms with Gasteiger partial charge in [-0.2, -0.15) is 0 Å². The first kappa shape index (κ1) is 12.2. The van der Waals surface area contributed by atoms with Gasteiger partial charge in [-0.05, 0) is 19.1 Å². The molecule has 86 valence electrons. The molecule has 0 saturated heterocycles. The summed E-state index contributed by atoms with van der Waals surface area (Å²) in [5.41, 5.74) is -0.451. The Morgan fingerprint density at radius 3 is 2.44 bits per heavy atom. The van der Waals surface area contributed by atoms with Gasteiger partial charge >= 0.3 is 5.97 Å². The van der Waals surface area contributed by atoms with E-state index in [0.29, 0.717) is 0 Å². The van der Waals surface area contributed by atoms with E-state index in [1.165, 1.54) is 0 Å². The highest BCUT2D eigenvalue weighted by Crippen LogP contribution is 2.23. The van der Waals surface area contributed by atoms with Crippen LogP contribution in [0.4, 0.5) is 8.78 Å². The van der Waals surface area contributed by atoms with Crippen molar-refractivity contribution in [1.29, 1.82) is 0 Å². The lowest BCUT2D eigenvalue weighted by Gasteiger charge is -2.06. The van der Waals surface area contributed by atoms with Crippen LogP contribution in [0.1, 0.15) is 17.3 Å². The summed E-state index contributed by atoms with van der Waals surface area (Å²) >= 11 is 0. The number of carboxylic acid groups (broad SMARTS) is 1. The van der Waals surface area contributed by atoms with Crippen LogP contribution >= 0.6 is 0 Å². The fourth-order valence-electron chi connectivity index (χ4n) is 1.05. The first-order valence-corrected chi connectivity index (χ1v) is 4.52. The number of aromatic carboxylic acids is 1. The van der Waals surface area contributed by atoms with Crippen LogP contribution in [-0.4, -0.2) is 17.7 Å². The van der Waals surface area contributed by atoms with E-state index in [0.717, 1.165) is 12.1 Å². The Kier molecular flexibility index (Phi) is 3.99. The molecule has 5 heteroatoms. The monoisotopic (exact) mass is 228 g/mol. The largest absolute Gasteiger partial charge is 0.483 e. The van der Waals surface area contributed by atoms with Gasteiger partial charge in [-0.25, -0.2) is 13.6 Å². The molecule has 3 nitrogen and oxygen atoms in total. The van der Waals surface area contributed by atoms with Crippen molar-refractivity contribution in [2.45, 2.75) is 6.92 Å². The highest BCUT2D eigenvalue weighted by molar-refractivity contribution is 5.87. The van der Waals surface area contributed by atoms with Gasteiger partial charge < -0.3 is 9.84 Å². The summed E-state index contributed by atoms with van der Waals surface area (Å²) in [6.07, 6.45) is 3.24. The van der Waals surface area contributed by atoms with Crippen molar-refractivity contribution in [2.75, 3.05) is 6.61 Å². The minimum Gasteiger partial charge on any atom is -0.483 e. The molecule has 0 heterocycles. The summed E-state index contributed by atoms with van der Waals surface area (Å²) in [7, 11) is 0. The molecule has 0 unspecified atom stereocenters. The first-order chi connectivity index (χ1) is 7.56. The van der Waals surface area contributed by atoms with Gasteiger partial charge in [-0.15, -0.1) is 0 Å². The average Bonchev–Trinajstić information content (AvgIpc) is 2.21.